The fraction of sp³-hybridized carbons (Fsp3) is 0.474. The first-order chi connectivity index (χ1) is 14.5. The van der Waals surface area contributed by atoms with Gasteiger partial charge in [0.2, 0.25) is 10.0 Å². The van der Waals surface area contributed by atoms with Gasteiger partial charge in [0.1, 0.15) is 11.2 Å². The van der Waals surface area contributed by atoms with Crippen LogP contribution in [0.2, 0.25) is 0 Å². The van der Waals surface area contributed by atoms with E-state index < -0.39 is 14.9 Å². The maximum atomic E-state index is 13.4. The number of anilines is 1. The standard InChI is InChI=1S/C19H23N5O5S/c25-24(26)16-3-4-18(19(12-16)30(27,28)23-8-10-29-11-9-23)22-7-1-2-15(13-22)17-5-6-20-14-21-17/h3-6,12,14-15H,1-2,7-11,13H2/t15-/m0/s1. The highest BCUT2D eigenvalue weighted by molar-refractivity contribution is 7.89. The van der Waals surface area contributed by atoms with Crippen molar-refractivity contribution in [3.63, 3.8) is 0 Å². The van der Waals surface area contributed by atoms with Crippen molar-refractivity contribution >= 4 is 21.4 Å². The van der Waals surface area contributed by atoms with Crippen LogP contribution in [0.3, 0.4) is 0 Å². The van der Waals surface area contributed by atoms with Crippen LogP contribution >= 0.6 is 0 Å². The minimum absolute atomic E-state index is 0.0260. The number of nitro groups is 1. The molecule has 2 aromatic rings. The largest absolute Gasteiger partial charge is 0.379 e. The third kappa shape index (κ3) is 4.13. The van der Waals surface area contributed by atoms with Gasteiger partial charge < -0.3 is 9.64 Å². The number of hydrogen-bond donors (Lipinski definition) is 0. The molecule has 0 spiro atoms. The highest BCUT2D eigenvalue weighted by Crippen LogP contribution is 2.36. The number of sulfonamides is 1. The Morgan fingerprint density at radius 3 is 2.67 bits per heavy atom. The van der Waals surface area contributed by atoms with Crippen molar-refractivity contribution in [3.8, 4) is 0 Å². The van der Waals surface area contributed by atoms with Crippen LogP contribution in [0.25, 0.3) is 0 Å². The molecule has 0 N–H and O–H groups in total. The molecule has 10 nitrogen and oxygen atoms in total. The van der Waals surface area contributed by atoms with E-state index in [4.69, 9.17) is 4.74 Å². The number of non-ortho nitro benzene ring substituents is 1. The number of benzene rings is 1. The van der Waals surface area contributed by atoms with Crippen LogP contribution in [0.15, 0.2) is 41.7 Å². The van der Waals surface area contributed by atoms with Crippen molar-refractivity contribution in [1.29, 1.82) is 0 Å². The highest BCUT2D eigenvalue weighted by Gasteiger charge is 2.33. The predicted octanol–water partition coefficient (Wildman–Crippen LogP) is 1.79. The Morgan fingerprint density at radius 2 is 1.97 bits per heavy atom. The van der Waals surface area contributed by atoms with Crippen molar-refractivity contribution in [3.05, 3.63) is 52.6 Å². The summed E-state index contributed by atoms with van der Waals surface area (Å²) in [5, 5.41) is 11.3. The summed E-state index contributed by atoms with van der Waals surface area (Å²) in [6.45, 7) is 2.33. The molecule has 11 heteroatoms. The lowest BCUT2D eigenvalue weighted by Gasteiger charge is -2.36. The fourth-order valence-corrected chi connectivity index (χ4v) is 5.63. The molecule has 0 amide bonds. The lowest BCUT2D eigenvalue weighted by molar-refractivity contribution is -0.385. The first-order valence-corrected chi connectivity index (χ1v) is 11.3. The second kappa shape index (κ2) is 8.62. The highest BCUT2D eigenvalue weighted by atomic mass is 32.2. The van der Waals surface area contributed by atoms with Crippen LogP contribution in [0.5, 0.6) is 0 Å². The average molecular weight is 433 g/mol. The molecule has 2 saturated heterocycles. The summed E-state index contributed by atoms with van der Waals surface area (Å²) < 4.78 is 33.4. The van der Waals surface area contributed by atoms with Gasteiger partial charge in [-0.2, -0.15) is 4.31 Å². The van der Waals surface area contributed by atoms with E-state index >= 15 is 0 Å². The van der Waals surface area contributed by atoms with Crippen LogP contribution in [-0.4, -0.2) is 67.0 Å². The van der Waals surface area contributed by atoms with E-state index in [0.717, 1.165) is 18.5 Å². The molecule has 0 saturated carbocycles. The Kier molecular flexibility index (Phi) is 5.93. The average Bonchev–Trinajstić information content (AvgIpc) is 2.80. The lowest BCUT2D eigenvalue weighted by atomic mass is 9.94. The number of piperidine rings is 1. The van der Waals surface area contributed by atoms with E-state index in [1.807, 2.05) is 11.0 Å². The van der Waals surface area contributed by atoms with Gasteiger partial charge in [0.05, 0.1) is 23.8 Å². The van der Waals surface area contributed by atoms with E-state index in [1.165, 1.54) is 22.8 Å². The summed E-state index contributed by atoms with van der Waals surface area (Å²) in [7, 11) is -3.90. The molecule has 0 aliphatic carbocycles. The lowest BCUT2D eigenvalue weighted by Crippen LogP contribution is -2.42. The number of morpholine rings is 1. The minimum atomic E-state index is -3.90. The third-order valence-electron chi connectivity index (χ3n) is 5.53. The molecule has 0 bridgehead atoms. The molecular formula is C19H23N5O5S. The first-order valence-electron chi connectivity index (χ1n) is 9.84. The monoisotopic (exact) mass is 433 g/mol. The molecule has 2 aliphatic heterocycles. The molecule has 2 aliphatic rings. The maximum absolute atomic E-state index is 13.4. The van der Waals surface area contributed by atoms with Crippen LogP contribution in [0.1, 0.15) is 24.5 Å². The Balaban J connectivity index is 1.71. The molecule has 1 aromatic carbocycles. The van der Waals surface area contributed by atoms with E-state index in [1.54, 1.807) is 12.3 Å². The number of ether oxygens (including phenoxy) is 1. The number of rotatable bonds is 5. The van der Waals surface area contributed by atoms with Crippen LogP contribution in [0, 0.1) is 10.1 Å². The topological polar surface area (TPSA) is 119 Å². The van der Waals surface area contributed by atoms with Gasteiger partial charge in [-0.3, -0.25) is 10.1 Å². The number of aromatic nitrogens is 2. The number of nitrogens with zero attached hydrogens (tertiary/aromatic N) is 5. The van der Waals surface area contributed by atoms with Gasteiger partial charge >= 0.3 is 0 Å². The molecule has 2 fully saturated rings. The smallest absolute Gasteiger partial charge is 0.270 e. The van der Waals surface area contributed by atoms with Gasteiger partial charge in [-0.05, 0) is 25.0 Å². The quantitative estimate of drug-likeness (QED) is 0.517. The van der Waals surface area contributed by atoms with E-state index in [-0.39, 0.29) is 29.6 Å². The van der Waals surface area contributed by atoms with Gasteiger partial charge in [-0.25, -0.2) is 18.4 Å². The molecule has 4 rings (SSSR count). The van der Waals surface area contributed by atoms with Crippen LogP contribution in [0.4, 0.5) is 11.4 Å². The SMILES string of the molecule is O=[N+]([O-])c1ccc(N2CCC[C@H](c3ccncn3)C2)c(S(=O)(=O)N2CCOCC2)c1. The van der Waals surface area contributed by atoms with Crippen molar-refractivity contribution in [1.82, 2.24) is 14.3 Å². The van der Waals surface area contributed by atoms with Crippen molar-refractivity contribution in [2.75, 3.05) is 44.3 Å². The summed E-state index contributed by atoms with van der Waals surface area (Å²) in [5.41, 5.74) is 1.16. The zero-order valence-corrected chi connectivity index (χ0v) is 17.2. The zero-order chi connectivity index (χ0) is 21.1. The molecular weight excluding hydrogens is 410 g/mol. The van der Waals surface area contributed by atoms with Crippen molar-refractivity contribution in [2.24, 2.45) is 0 Å². The van der Waals surface area contributed by atoms with Gasteiger partial charge in [0.15, 0.2) is 0 Å². The van der Waals surface area contributed by atoms with Crippen molar-refractivity contribution < 1.29 is 18.1 Å². The van der Waals surface area contributed by atoms with Gasteiger partial charge in [0, 0.05) is 56.1 Å². The van der Waals surface area contributed by atoms with Gasteiger partial charge in [-0.15, -0.1) is 0 Å². The third-order valence-corrected chi connectivity index (χ3v) is 7.46. The summed E-state index contributed by atoms with van der Waals surface area (Å²) in [6, 6.07) is 5.96. The molecule has 0 radical (unpaired) electrons. The van der Waals surface area contributed by atoms with E-state index in [0.29, 0.717) is 32.0 Å². The Labute approximate surface area is 174 Å². The molecule has 1 aromatic heterocycles. The van der Waals surface area contributed by atoms with Gasteiger partial charge in [0.25, 0.3) is 5.69 Å². The Hall–Kier alpha value is -2.63. The summed E-state index contributed by atoms with van der Waals surface area (Å²) in [6.07, 6.45) is 5.00. The van der Waals surface area contributed by atoms with Crippen LogP contribution < -0.4 is 4.90 Å². The second-order valence-electron chi connectivity index (χ2n) is 7.35. The number of nitro benzene ring substituents is 1. The first kappa shape index (κ1) is 20.6. The predicted molar refractivity (Wildman–Crippen MR) is 109 cm³/mol. The number of hydrogen-bond acceptors (Lipinski definition) is 8. The summed E-state index contributed by atoms with van der Waals surface area (Å²) in [5.74, 6) is 0.135. The molecule has 3 heterocycles. The molecule has 0 unspecified atom stereocenters. The molecule has 30 heavy (non-hydrogen) atoms. The second-order valence-corrected chi connectivity index (χ2v) is 9.25. The summed E-state index contributed by atoms with van der Waals surface area (Å²) >= 11 is 0. The molecule has 1 atom stereocenters. The van der Waals surface area contributed by atoms with Gasteiger partial charge in [-0.1, -0.05) is 0 Å². The van der Waals surface area contributed by atoms with Crippen LogP contribution in [-0.2, 0) is 14.8 Å². The molecule has 160 valence electrons. The van der Waals surface area contributed by atoms with E-state index in [9.17, 15) is 18.5 Å². The fourth-order valence-electron chi connectivity index (χ4n) is 3.99. The Morgan fingerprint density at radius 1 is 1.17 bits per heavy atom. The zero-order valence-electron chi connectivity index (χ0n) is 16.4. The maximum Gasteiger partial charge on any atom is 0.270 e. The summed E-state index contributed by atoms with van der Waals surface area (Å²) in [4.78, 5) is 21.0. The van der Waals surface area contributed by atoms with Crippen molar-refractivity contribution in [2.45, 2.75) is 23.7 Å². The minimum Gasteiger partial charge on any atom is -0.379 e. The normalized spacial score (nSPS) is 20.8. The van der Waals surface area contributed by atoms with E-state index in [2.05, 4.69) is 9.97 Å². The Bertz CT molecular complexity index is 1010.